The average Bonchev–Trinajstić information content (AvgIpc) is 2.63. The van der Waals surface area contributed by atoms with Gasteiger partial charge in [-0.2, -0.15) is 0 Å². The first-order valence-corrected chi connectivity index (χ1v) is 8.56. The fourth-order valence-electron chi connectivity index (χ4n) is 2.45. The zero-order chi connectivity index (χ0) is 18.8. The van der Waals surface area contributed by atoms with Gasteiger partial charge in [0.2, 0.25) is 0 Å². The van der Waals surface area contributed by atoms with Crippen LogP contribution >= 0.6 is 0 Å². The lowest BCUT2D eigenvalue weighted by molar-refractivity contribution is -0.116. The van der Waals surface area contributed by atoms with Crippen molar-refractivity contribution >= 4 is 11.9 Å². The molecule has 0 aliphatic heterocycles. The van der Waals surface area contributed by atoms with Crippen LogP contribution in [0.4, 0.5) is 4.79 Å². The SMILES string of the molecule is COc1ccc(CCOC(=O)OCCc2ccc(CC(C)=O)cc2)cc1. The maximum Gasteiger partial charge on any atom is 0.508 e. The molecule has 0 saturated carbocycles. The van der Waals surface area contributed by atoms with Gasteiger partial charge >= 0.3 is 6.16 Å². The van der Waals surface area contributed by atoms with Gasteiger partial charge in [0.05, 0.1) is 20.3 Å². The van der Waals surface area contributed by atoms with Crippen LogP contribution in [-0.2, 0) is 33.5 Å². The monoisotopic (exact) mass is 356 g/mol. The zero-order valence-corrected chi connectivity index (χ0v) is 15.2. The molecule has 5 nitrogen and oxygen atoms in total. The number of ether oxygens (including phenoxy) is 3. The molecule has 2 aromatic rings. The summed E-state index contributed by atoms with van der Waals surface area (Å²) in [6.07, 6.45) is 1.01. The van der Waals surface area contributed by atoms with Gasteiger partial charge in [0.15, 0.2) is 0 Å². The Labute approximate surface area is 153 Å². The van der Waals surface area contributed by atoms with E-state index in [1.165, 1.54) is 0 Å². The van der Waals surface area contributed by atoms with Crippen molar-refractivity contribution in [3.8, 4) is 5.75 Å². The number of carbonyl (C=O) groups excluding carboxylic acids is 2. The minimum absolute atomic E-state index is 0.137. The van der Waals surface area contributed by atoms with Crippen molar-refractivity contribution in [1.29, 1.82) is 0 Å². The topological polar surface area (TPSA) is 61.8 Å². The summed E-state index contributed by atoms with van der Waals surface area (Å²) in [5.41, 5.74) is 3.09. The van der Waals surface area contributed by atoms with E-state index in [1.807, 2.05) is 48.5 Å². The highest BCUT2D eigenvalue weighted by Crippen LogP contribution is 2.12. The molecule has 0 aromatic heterocycles. The second-order valence-corrected chi connectivity index (χ2v) is 5.99. The van der Waals surface area contributed by atoms with Crippen LogP contribution in [0.3, 0.4) is 0 Å². The Balaban J connectivity index is 1.63. The third-order valence-corrected chi connectivity index (χ3v) is 3.86. The summed E-state index contributed by atoms with van der Waals surface area (Å²) < 4.78 is 15.2. The smallest absolute Gasteiger partial charge is 0.497 e. The summed E-state index contributed by atoms with van der Waals surface area (Å²) in [6.45, 7) is 2.10. The maximum absolute atomic E-state index is 11.6. The quantitative estimate of drug-likeness (QED) is 0.640. The summed E-state index contributed by atoms with van der Waals surface area (Å²) in [7, 11) is 1.62. The number of ketones is 1. The molecule has 26 heavy (non-hydrogen) atoms. The molecule has 0 spiro atoms. The minimum atomic E-state index is -0.660. The summed E-state index contributed by atoms with van der Waals surface area (Å²) in [5, 5.41) is 0. The molecule has 2 aromatic carbocycles. The molecule has 0 bridgehead atoms. The van der Waals surface area contributed by atoms with Crippen LogP contribution in [0.15, 0.2) is 48.5 Å². The van der Waals surface area contributed by atoms with Gasteiger partial charge in [-0.05, 0) is 35.7 Å². The van der Waals surface area contributed by atoms with Crippen LogP contribution in [-0.4, -0.2) is 32.3 Å². The molecule has 0 radical (unpaired) electrons. The van der Waals surface area contributed by atoms with Crippen LogP contribution in [0.2, 0.25) is 0 Å². The van der Waals surface area contributed by atoms with Gasteiger partial charge in [0.25, 0.3) is 0 Å². The third-order valence-electron chi connectivity index (χ3n) is 3.86. The van der Waals surface area contributed by atoms with E-state index in [2.05, 4.69) is 0 Å². The Bertz CT molecular complexity index is 704. The van der Waals surface area contributed by atoms with Crippen molar-refractivity contribution in [3.63, 3.8) is 0 Å². The number of rotatable bonds is 9. The van der Waals surface area contributed by atoms with Crippen LogP contribution in [0.1, 0.15) is 23.6 Å². The zero-order valence-electron chi connectivity index (χ0n) is 15.2. The predicted octanol–water partition coefficient (Wildman–Crippen LogP) is 3.77. The summed E-state index contributed by atoms with van der Waals surface area (Å²) in [5.74, 6) is 0.932. The number of methoxy groups -OCH3 is 1. The third kappa shape index (κ3) is 6.97. The maximum atomic E-state index is 11.6. The van der Waals surface area contributed by atoms with E-state index in [4.69, 9.17) is 14.2 Å². The first kappa shape index (κ1) is 19.5. The van der Waals surface area contributed by atoms with Crippen molar-refractivity contribution in [1.82, 2.24) is 0 Å². The van der Waals surface area contributed by atoms with Gasteiger partial charge in [-0.1, -0.05) is 36.4 Å². The summed E-state index contributed by atoms with van der Waals surface area (Å²) in [6, 6.07) is 15.3. The van der Waals surface area contributed by atoms with E-state index in [9.17, 15) is 9.59 Å². The molecule has 0 saturated heterocycles. The molecule has 0 aliphatic carbocycles. The fourth-order valence-corrected chi connectivity index (χ4v) is 2.45. The van der Waals surface area contributed by atoms with E-state index in [-0.39, 0.29) is 19.0 Å². The van der Waals surface area contributed by atoms with Crippen molar-refractivity contribution in [2.75, 3.05) is 20.3 Å². The van der Waals surface area contributed by atoms with E-state index in [1.54, 1.807) is 14.0 Å². The second-order valence-electron chi connectivity index (χ2n) is 5.99. The second kappa shape index (κ2) is 10.2. The van der Waals surface area contributed by atoms with E-state index < -0.39 is 6.16 Å². The predicted molar refractivity (Wildman–Crippen MR) is 98.5 cm³/mol. The molecule has 138 valence electrons. The molecule has 0 fully saturated rings. The number of carbonyl (C=O) groups is 2. The van der Waals surface area contributed by atoms with Crippen molar-refractivity contribution < 1.29 is 23.8 Å². The van der Waals surface area contributed by atoms with Gasteiger partial charge in [0.1, 0.15) is 11.5 Å². The standard InChI is InChI=1S/C21H24O5/c1-16(22)15-19-5-3-17(4-6-19)11-13-25-21(23)26-14-12-18-7-9-20(24-2)10-8-18/h3-10H,11-15H2,1-2H3. The Morgan fingerprint density at radius 1 is 0.769 bits per heavy atom. The normalized spacial score (nSPS) is 10.2. The van der Waals surface area contributed by atoms with Gasteiger partial charge in [-0.15, -0.1) is 0 Å². The van der Waals surface area contributed by atoms with Crippen LogP contribution in [0.5, 0.6) is 5.75 Å². The molecular weight excluding hydrogens is 332 g/mol. The highest BCUT2D eigenvalue weighted by atomic mass is 16.7. The molecule has 0 amide bonds. The van der Waals surface area contributed by atoms with Crippen molar-refractivity contribution in [2.45, 2.75) is 26.2 Å². The van der Waals surface area contributed by atoms with Crippen LogP contribution < -0.4 is 4.74 Å². The van der Waals surface area contributed by atoms with E-state index >= 15 is 0 Å². The molecule has 5 heteroatoms. The Morgan fingerprint density at radius 3 is 1.69 bits per heavy atom. The van der Waals surface area contributed by atoms with Gasteiger partial charge in [0, 0.05) is 19.3 Å². The Kier molecular flexibility index (Phi) is 7.68. The minimum Gasteiger partial charge on any atom is -0.497 e. The molecule has 0 heterocycles. The fraction of sp³-hybridized carbons (Fsp3) is 0.333. The summed E-state index contributed by atoms with van der Waals surface area (Å²) >= 11 is 0. The highest BCUT2D eigenvalue weighted by Gasteiger charge is 2.05. The Hall–Kier alpha value is -2.82. The molecule has 0 aliphatic rings. The van der Waals surface area contributed by atoms with Crippen molar-refractivity contribution in [3.05, 3.63) is 65.2 Å². The molecular formula is C21H24O5. The lowest BCUT2D eigenvalue weighted by Gasteiger charge is -2.07. The highest BCUT2D eigenvalue weighted by molar-refractivity contribution is 5.78. The number of benzene rings is 2. The largest absolute Gasteiger partial charge is 0.508 e. The molecule has 2 rings (SSSR count). The first-order valence-electron chi connectivity index (χ1n) is 8.56. The molecule has 0 unspecified atom stereocenters. The molecule has 0 N–H and O–H groups in total. The van der Waals surface area contributed by atoms with Gasteiger partial charge in [-0.25, -0.2) is 4.79 Å². The van der Waals surface area contributed by atoms with Gasteiger partial charge < -0.3 is 14.2 Å². The van der Waals surface area contributed by atoms with Crippen LogP contribution in [0.25, 0.3) is 0 Å². The number of hydrogen-bond donors (Lipinski definition) is 0. The average molecular weight is 356 g/mol. The van der Waals surface area contributed by atoms with E-state index in [0.717, 1.165) is 22.4 Å². The van der Waals surface area contributed by atoms with Gasteiger partial charge in [-0.3, -0.25) is 4.79 Å². The number of Topliss-reactive ketones (excluding diaryl/α,β-unsaturated/α-hetero) is 1. The van der Waals surface area contributed by atoms with Crippen molar-refractivity contribution in [2.24, 2.45) is 0 Å². The van der Waals surface area contributed by atoms with Crippen LogP contribution in [0, 0.1) is 0 Å². The first-order chi connectivity index (χ1) is 12.6. The lowest BCUT2D eigenvalue weighted by Crippen LogP contribution is -2.12. The number of hydrogen-bond acceptors (Lipinski definition) is 5. The Morgan fingerprint density at radius 2 is 1.23 bits per heavy atom. The van der Waals surface area contributed by atoms with E-state index in [0.29, 0.717) is 19.3 Å². The lowest BCUT2D eigenvalue weighted by atomic mass is 10.1. The molecule has 0 atom stereocenters. The summed E-state index contributed by atoms with van der Waals surface area (Å²) in [4.78, 5) is 22.7.